The van der Waals surface area contributed by atoms with E-state index in [1.54, 1.807) is 12.1 Å². The molecule has 0 fully saturated rings. The van der Waals surface area contributed by atoms with E-state index in [1.165, 1.54) is 6.07 Å². The maximum atomic E-state index is 13.6. The molecule has 0 bridgehead atoms. The number of fused-ring (bicyclic) bond motifs is 1. The lowest BCUT2D eigenvalue weighted by Crippen LogP contribution is -2.15. The highest BCUT2D eigenvalue weighted by molar-refractivity contribution is 9.10. The van der Waals surface area contributed by atoms with Crippen molar-refractivity contribution in [2.24, 2.45) is 0 Å². The maximum Gasteiger partial charge on any atom is 0.161 e. The summed E-state index contributed by atoms with van der Waals surface area (Å²) in [5, 5.41) is -0.437. The van der Waals surface area contributed by atoms with Crippen molar-refractivity contribution in [3.05, 3.63) is 57.8 Å². The molecule has 0 aromatic heterocycles. The quantitative estimate of drug-likeness (QED) is 0.726. The fraction of sp³-hybridized carbons (Fsp3) is 0.200. The van der Waals surface area contributed by atoms with Crippen LogP contribution in [0, 0.1) is 5.82 Å². The smallest absolute Gasteiger partial charge is 0.161 e. The first-order chi connectivity index (χ1) is 9.65. The molecule has 3 rings (SSSR count). The van der Waals surface area contributed by atoms with Crippen LogP contribution in [0.25, 0.3) is 0 Å². The molecule has 104 valence electrons. The van der Waals surface area contributed by atoms with E-state index in [9.17, 15) is 4.39 Å². The minimum absolute atomic E-state index is 0.328. The topological polar surface area (TPSA) is 18.5 Å². The van der Waals surface area contributed by atoms with Crippen LogP contribution in [0.1, 0.15) is 16.5 Å². The molecule has 1 unspecified atom stereocenters. The number of ether oxygens (including phenoxy) is 2. The van der Waals surface area contributed by atoms with Gasteiger partial charge in [0.25, 0.3) is 0 Å². The van der Waals surface area contributed by atoms with Gasteiger partial charge in [-0.1, -0.05) is 12.1 Å². The Balaban J connectivity index is 1.93. The van der Waals surface area contributed by atoms with Crippen molar-refractivity contribution < 1.29 is 13.9 Å². The second kappa shape index (κ2) is 5.62. The SMILES string of the molecule is Fc1cc(C(Cl)c2ccc3c(c2)OCCO3)ccc1Br. The molecule has 20 heavy (non-hydrogen) atoms. The molecule has 0 aliphatic carbocycles. The maximum absolute atomic E-state index is 13.6. The highest BCUT2D eigenvalue weighted by Crippen LogP contribution is 2.37. The van der Waals surface area contributed by atoms with Gasteiger partial charge in [-0.3, -0.25) is 0 Å². The highest BCUT2D eigenvalue weighted by Gasteiger charge is 2.17. The molecule has 0 N–H and O–H groups in total. The van der Waals surface area contributed by atoms with Gasteiger partial charge in [0.05, 0.1) is 9.85 Å². The van der Waals surface area contributed by atoms with Crippen molar-refractivity contribution in [3.63, 3.8) is 0 Å². The molecule has 2 nitrogen and oxygen atoms in total. The molecule has 5 heteroatoms. The molecule has 1 heterocycles. The van der Waals surface area contributed by atoms with Crippen LogP contribution in [0.5, 0.6) is 11.5 Å². The summed E-state index contributed by atoms with van der Waals surface area (Å²) >= 11 is 9.55. The zero-order chi connectivity index (χ0) is 14.1. The number of halogens is 3. The second-order valence-electron chi connectivity index (χ2n) is 4.44. The lowest BCUT2D eigenvalue weighted by atomic mass is 10.0. The fourth-order valence-corrected chi connectivity index (χ4v) is 2.60. The standard InChI is InChI=1S/C15H11BrClFO2/c16-11-3-1-9(7-12(11)18)15(17)10-2-4-13-14(8-10)20-6-5-19-13/h1-4,7-8,15H,5-6H2. The van der Waals surface area contributed by atoms with Crippen LogP contribution in [-0.2, 0) is 0 Å². The minimum Gasteiger partial charge on any atom is -0.486 e. The van der Waals surface area contributed by atoms with Gasteiger partial charge < -0.3 is 9.47 Å². The molecule has 1 aliphatic rings. The third-order valence-corrected chi connectivity index (χ3v) is 4.24. The van der Waals surface area contributed by atoms with E-state index >= 15 is 0 Å². The molecular weight excluding hydrogens is 347 g/mol. The Morgan fingerprint density at radius 3 is 2.40 bits per heavy atom. The lowest BCUT2D eigenvalue weighted by molar-refractivity contribution is 0.171. The van der Waals surface area contributed by atoms with E-state index in [-0.39, 0.29) is 5.82 Å². The fourth-order valence-electron chi connectivity index (χ4n) is 2.08. The van der Waals surface area contributed by atoms with Gasteiger partial charge in [-0.15, -0.1) is 11.6 Å². The van der Waals surface area contributed by atoms with E-state index in [2.05, 4.69) is 15.9 Å². The molecule has 0 radical (unpaired) electrons. The van der Waals surface area contributed by atoms with Crippen LogP contribution in [0.15, 0.2) is 40.9 Å². The Morgan fingerprint density at radius 1 is 1.00 bits per heavy atom. The molecule has 1 aliphatic heterocycles. The largest absolute Gasteiger partial charge is 0.486 e. The van der Waals surface area contributed by atoms with Crippen molar-refractivity contribution in [2.45, 2.75) is 5.38 Å². The van der Waals surface area contributed by atoms with Crippen molar-refractivity contribution in [2.75, 3.05) is 13.2 Å². The first-order valence-electron chi connectivity index (χ1n) is 6.14. The van der Waals surface area contributed by atoms with Gasteiger partial charge in [0, 0.05) is 0 Å². The monoisotopic (exact) mass is 356 g/mol. The van der Waals surface area contributed by atoms with Crippen molar-refractivity contribution in [3.8, 4) is 11.5 Å². The summed E-state index contributed by atoms with van der Waals surface area (Å²) in [6.07, 6.45) is 0. The van der Waals surface area contributed by atoms with Crippen LogP contribution in [0.2, 0.25) is 0 Å². The van der Waals surface area contributed by atoms with Crippen molar-refractivity contribution >= 4 is 27.5 Å². The average molecular weight is 358 g/mol. The third kappa shape index (κ3) is 2.63. The molecule has 0 amide bonds. The van der Waals surface area contributed by atoms with Crippen LogP contribution in [0.3, 0.4) is 0 Å². The summed E-state index contributed by atoms with van der Waals surface area (Å²) < 4.78 is 25.0. The number of hydrogen-bond donors (Lipinski definition) is 0. The Morgan fingerprint density at radius 2 is 1.65 bits per heavy atom. The van der Waals surface area contributed by atoms with E-state index in [4.69, 9.17) is 21.1 Å². The van der Waals surface area contributed by atoms with Crippen LogP contribution >= 0.6 is 27.5 Å². The highest BCUT2D eigenvalue weighted by atomic mass is 79.9. The van der Waals surface area contributed by atoms with Crippen molar-refractivity contribution in [1.82, 2.24) is 0 Å². The number of benzene rings is 2. The van der Waals surface area contributed by atoms with Gasteiger partial charge >= 0.3 is 0 Å². The first kappa shape index (κ1) is 13.7. The van der Waals surface area contributed by atoms with E-state index in [0.717, 1.165) is 5.56 Å². The lowest BCUT2D eigenvalue weighted by Gasteiger charge is -2.20. The predicted octanol–water partition coefficient (Wildman–Crippen LogP) is 4.69. The van der Waals surface area contributed by atoms with Crippen LogP contribution in [-0.4, -0.2) is 13.2 Å². The second-order valence-corrected chi connectivity index (χ2v) is 5.73. The van der Waals surface area contributed by atoms with Gasteiger partial charge in [-0.25, -0.2) is 4.39 Å². The minimum atomic E-state index is -0.437. The summed E-state index contributed by atoms with van der Waals surface area (Å²) in [5.74, 6) is 1.06. The van der Waals surface area contributed by atoms with E-state index < -0.39 is 5.38 Å². The van der Waals surface area contributed by atoms with Crippen LogP contribution < -0.4 is 9.47 Å². The van der Waals surface area contributed by atoms with Gasteiger partial charge in [-0.2, -0.15) is 0 Å². The molecular formula is C15H11BrClFO2. The summed E-state index contributed by atoms with van der Waals surface area (Å²) in [4.78, 5) is 0. The zero-order valence-electron chi connectivity index (χ0n) is 10.4. The molecule has 0 saturated heterocycles. The third-order valence-electron chi connectivity index (χ3n) is 3.10. The summed E-state index contributed by atoms with van der Waals surface area (Å²) in [7, 11) is 0. The number of hydrogen-bond acceptors (Lipinski definition) is 2. The number of rotatable bonds is 2. The molecule has 0 spiro atoms. The first-order valence-corrected chi connectivity index (χ1v) is 7.36. The van der Waals surface area contributed by atoms with Crippen LogP contribution in [0.4, 0.5) is 4.39 Å². The van der Waals surface area contributed by atoms with Gasteiger partial charge in [0.1, 0.15) is 19.0 Å². The van der Waals surface area contributed by atoms with Crippen molar-refractivity contribution in [1.29, 1.82) is 0 Å². The average Bonchev–Trinajstić information content (AvgIpc) is 2.49. The zero-order valence-corrected chi connectivity index (χ0v) is 12.7. The van der Waals surface area contributed by atoms with E-state index in [1.807, 2.05) is 18.2 Å². The Bertz CT molecular complexity index is 648. The Labute approximate surface area is 129 Å². The van der Waals surface area contributed by atoms with Gasteiger partial charge in [0.15, 0.2) is 11.5 Å². The van der Waals surface area contributed by atoms with Gasteiger partial charge in [0.2, 0.25) is 0 Å². The summed E-state index contributed by atoms with van der Waals surface area (Å²) in [5.41, 5.74) is 1.54. The normalized spacial score (nSPS) is 14.9. The molecule has 2 aromatic rings. The Kier molecular flexibility index (Phi) is 3.85. The summed E-state index contributed by atoms with van der Waals surface area (Å²) in [6, 6.07) is 10.4. The predicted molar refractivity (Wildman–Crippen MR) is 79.2 cm³/mol. The summed E-state index contributed by atoms with van der Waals surface area (Å²) in [6.45, 7) is 1.07. The van der Waals surface area contributed by atoms with Gasteiger partial charge in [-0.05, 0) is 51.3 Å². The van der Waals surface area contributed by atoms with E-state index in [0.29, 0.717) is 34.7 Å². The molecule has 2 aromatic carbocycles. The number of alkyl halides is 1. The Hall–Kier alpha value is -1.26. The molecule has 0 saturated carbocycles. The molecule has 1 atom stereocenters.